The van der Waals surface area contributed by atoms with Gasteiger partial charge < -0.3 is 25.4 Å². The lowest BCUT2D eigenvalue weighted by Gasteiger charge is -2.37. The van der Waals surface area contributed by atoms with E-state index in [9.17, 15) is 23.5 Å². The van der Waals surface area contributed by atoms with Crippen LogP contribution in [0.2, 0.25) is 0 Å². The molecule has 2 fully saturated rings. The molecule has 3 N–H and O–H groups in total. The minimum Gasteiger partial charge on any atom is -0.389 e. The van der Waals surface area contributed by atoms with Gasteiger partial charge in [0.05, 0.1) is 37.3 Å². The minimum absolute atomic E-state index is 0.0227. The highest BCUT2D eigenvalue weighted by Crippen LogP contribution is 2.24. The molecule has 2 saturated heterocycles. The molecule has 0 saturated carbocycles. The van der Waals surface area contributed by atoms with Crippen LogP contribution in [0.5, 0.6) is 0 Å². The third-order valence-electron chi connectivity index (χ3n) is 7.76. The first-order valence-electron chi connectivity index (χ1n) is 14.0. The summed E-state index contributed by atoms with van der Waals surface area (Å²) in [6.45, 7) is 1.79. The van der Waals surface area contributed by atoms with Gasteiger partial charge in [-0.2, -0.15) is 0 Å². The second-order valence-corrected chi connectivity index (χ2v) is 11.9. The molecule has 0 bridgehead atoms. The van der Waals surface area contributed by atoms with Crippen LogP contribution in [0.15, 0.2) is 66.0 Å². The molecule has 0 spiro atoms. The standard InChI is InChI=1S/C31H35F2N3O4S/c32-23-11-21(12-24(33)15-23)13-28(35-31(39)22-14-29(37)36(17-22)18-26-7-4-10-41-26)30(38)27-16-25(8-9-34-27)40-19-20-5-2-1-3-6-20/h1-7,10-12,15,22,25,27-28,30,34,38H,8-9,13-14,16-19H2,(H,35,39). The highest BCUT2D eigenvalue weighted by Gasteiger charge is 2.38. The number of benzene rings is 2. The lowest BCUT2D eigenvalue weighted by atomic mass is 9.89. The molecule has 1 aromatic heterocycles. The average molecular weight is 584 g/mol. The van der Waals surface area contributed by atoms with Crippen LogP contribution in [-0.4, -0.2) is 59.2 Å². The van der Waals surface area contributed by atoms with Crippen molar-refractivity contribution in [3.05, 3.63) is 93.7 Å². The molecule has 2 aromatic carbocycles. The van der Waals surface area contributed by atoms with E-state index in [0.29, 0.717) is 31.7 Å². The fourth-order valence-electron chi connectivity index (χ4n) is 5.63. The smallest absolute Gasteiger partial charge is 0.225 e. The van der Waals surface area contributed by atoms with Crippen LogP contribution in [0, 0.1) is 17.6 Å². The van der Waals surface area contributed by atoms with Crippen molar-refractivity contribution in [2.45, 2.75) is 63.1 Å². The van der Waals surface area contributed by atoms with Crippen LogP contribution in [0.25, 0.3) is 0 Å². The summed E-state index contributed by atoms with van der Waals surface area (Å²) < 4.78 is 34.1. The number of aliphatic hydroxyl groups excluding tert-OH is 1. The van der Waals surface area contributed by atoms with Crippen molar-refractivity contribution in [1.82, 2.24) is 15.5 Å². The second kappa shape index (κ2) is 13.7. The Labute approximate surface area is 242 Å². The van der Waals surface area contributed by atoms with Crippen molar-refractivity contribution in [2.75, 3.05) is 13.1 Å². The zero-order chi connectivity index (χ0) is 28.8. The van der Waals surface area contributed by atoms with E-state index in [0.717, 1.165) is 22.9 Å². The Bertz CT molecular complexity index is 1290. The van der Waals surface area contributed by atoms with Crippen LogP contribution >= 0.6 is 11.3 Å². The molecule has 3 heterocycles. The molecule has 10 heteroatoms. The van der Waals surface area contributed by atoms with Gasteiger partial charge in [-0.15, -0.1) is 11.3 Å². The number of piperidine rings is 1. The molecule has 2 aliphatic rings. The summed E-state index contributed by atoms with van der Waals surface area (Å²) in [5, 5.41) is 19.7. The van der Waals surface area contributed by atoms with E-state index < -0.39 is 35.7 Å². The van der Waals surface area contributed by atoms with Crippen molar-refractivity contribution in [1.29, 1.82) is 0 Å². The maximum absolute atomic E-state index is 14.0. The minimum atomic E-state index is -1.06. The number of halogens is 2. The maximum atomic E-state index is 14.0. The van der Waals surface area contributed by atoms with Gasteiger partial charge in [0.1, 0.15) is 11.6 Å². The van der Waals surface area contributed by atoms with Gasteiger partial charge in [-0.25, -0.2) is 8.78 Å². The second-order valence-electron chi connectivity index (χ2n) is 10.8. The highest BCUT2D eigenvalue weighted by atomic mass is 32.1. The summed E-state index contributed by atoms with van der Waals surface area (Å²) >= 11 is 1.55. The Kier molecular flexibility index (Phi) is 9.76. The number of hydrogen-bond donors (Lipinski definition) is 3. The first kappa shape index (κ1) is 29.3. The number of amides is 2. The van der Waals surface area contributed by atoms with E-state index in [1.165, 1.54) is 12.1 Å². The Morgan fingerprint density at radius 1 is 1.12 bits per heavy atom. The highest BCUT2D eigenvalue weighted by molar-refractivity contribution is 7.09. The van der Waals surface area contributed by atoms with Crippen molar-refractivity contribution >= 4 is 23.2 Å². The summed E-state index contributed by atoms with van der Waals surface area (Å²) in [4.78, 5) is 28.7. The van der Waals surface area contributed by atoms with Gasteiger partial charge >= 0.3 is 0 Å². The molecule has 0 aliphatic carbocycles. The lowest BCUT2D eigenvalue weighted by Crippen LogP contribution is -2.57. The fourth-order valence-corrected chi connectivity index (χ4v) is 6.35. The molecule has 7 nitrogen and oxygen atoms in total. The van der Waals surface area contributed by atoms with Crippen LogP contribution in [0.4, 0.5) is 8.78 Å². The zero-order valence-corrected chi connectivity index (χ0v) is 23.5. The van der Waals surface area contributed by atoms with Crippen LogP contribution in [0.3, 0.4) is 0 Å². The molecular weight excluding hydrogens is 548 g/mol. The summed E-state index contributed by atoms with van der Waals surface area (Å²) in [5.41, 5.74) is 1.38. The lowest BCUT2D eigenvalue weighted by molar-refractivity contribution is -0.129. The van der Waals surface area contributed by atoms with E-state index in [2.05, 4.69) is 10.6 Å². The number of carbonyl (C=O) groups excluding carboxylic acids is 2. The number of ether oxygens (including phenoxy) is 1. The number of thiophene rings is 1. The number of carbonyl (C=O) groups is 2. The van der Waals surface area contributed by atoms with Crippen LogP contribution in [0.1, 0.15) is 35.3 Å². The Hall–Kier alpha value is -3.18. The quantitative estimate of drug-likeness (QED) is 0.320. The van der Waals surface area contributed by atoms with Gasteiger partial charge in [-0.1, -0.05) is 36.4 Å². The molecule has 41 heavy (non-hydrogen) atoms. The molecule has 2 aliphatic heterocycles. The third-order valence-corrected chi connectivity index (χ3v) is 8.62. The topological polar surface area (TPSA) is 90.9 Å². The number of nitrogens with zero attached hydrogens (tertiary/aromatic N) is 1. The van der Waals surface area contributed by atoms with E-state index in [4.69, 9.17) is 4.74 Å². The Morgan fingerprint density at radius 3 is 2.63 bits per heavy atom. The SMILES string of the molecule is O=C(NC(Cc1cc(F)cc(F)c1)C(O)C1CC(OCc2ccccc2)CCN1)C1CC(=O)N(Cc2cccs2)C1. The largest absolute Gasteiger partial charge is 0.389 e. The fraction of sp³-hybridized carbons (Fsp3) is 0.419. The first-order valence-corrected chi connectivity index (χ1v) is 14.8. The number of aliphatic hydroxyl groups is 1. The van der Waals surface area contributed by atoms with Gasteiger partial charge in [0.2, 0.25) is 11.8 Å². The molecule has 5 unspecified atom stereocenters. The van der Waals surface area contributed by atoms with Gasteiger partial charge in [-0.3, -0.25) is 9.59 Å². The van der Waals surface area contributed by atoms with Crippen molar-refractivity contribution < 1.29 is 28.2 Å². The van der Waals surface area contributed by atoms with Crippen molar-refractivity contribution in [3.8, 4) is 0 Å². The molecule has 218 valence electrons. The molecule has 0 radical (unpaired) electrons. The zero-order valence-electron chi connectivity index (χ0n) is 22.7. The number of rotatable bonds is 11. The normalized spacial score (nSPS) is 22.5. The van der Waals surface area contributed by atoms with E-state index in [1.807, 2.05) is 47.8 Å². The summed E-state index contributed by atoms with van der Waals surface area (Å²) in [6.07, 6.45) is 0.214. The van der Waals surface area contributed by atoms with E-state index in [-0.39, 0.29) is 37.3 Å². The summed E-state index contributed by atoms with van der Waals surface area (Å²) in [6, 6.07) is 15.7. The molecular formula is C31H35F2N3O4S. The van der Waals surface area contributed by atoms with Gasteiger partial charge in [-0.05, 0) is 60.5 Å². The summed E-state index contributed by atoms with van der Waals surface area (Å²) in [7, 11) is 0. The van der Waals surface area contributed by atoms with Gasteiger partial charge in [0.25, 0.3) is 0 Å². The molecule has 5 rings (SSSR count). The maximum Gasteiger partial charge on any atom is 0.225 e. The van der Waals surface area contributed by atoms with Gasteiger partial charge in [0, 0.05) is 30.0 Å². The monoisotopic (exact) mass is 583 g/mol. The van der Waals surface area contributed by atoms with E-state index in [1.54, 1.807) is 16.2 Å². The predicted molar refractivity (Wildman–Crippen MR) is 152 cm³/mol. The Balaban J connectivity index is 1.26. The average Bonchev–Trinajstić information content (AvgIpc) is 3.61. The third kappa shape index (κ3) is 7.97. The molecule has 2 amide bonds. The number of likely N-dealkylation sites (tertiary alicyclic amines) is 1. The number of nitrogens with one attached hydrogen (secondary N) is 2. The Morgan fingerprint density at radius 2 is 1.90 bits per heavy atom. The number of hydrogen-bond acceptors (Lipinski definition) is 6. The van der Waals surface area contributed by atoms with E-state index >= 15 is 0 Å². The van der Waals surface area contributed by atoms with Crippen molar-refractivity contribution in [2.24, 2.45) is 5.92 Å². The van der Waals surface area contributed by atoms with Crippen molar-refractivity contribution in [3.63, 3.8) is 0 Å². The van der Waals surface area contributed by atoms with Crippen LogP contribution in [-0.2, 0) is 33.9 Å². The first-order chi connectivity index (χ1) is 19.8. The van der Waals surface area contributed by atoms with Crippen LogP contribution < -0.4 is 10.6 Å². The predicted octanol–water partition coefficient (Wildman–Crippen LogP) is 3.80. The molecule has 5 atom stereocenters. The molecule has 3 aromatic rings. The summed E-state index contributed by atoms with van der Waals surface area (Å²) in [5.74, 6) is -2.50. The van der Waals surface area contributed by atoms with Gasteiger partial charge in [0.15, 0.2) is 0 Å².